The SMILES string of the molecule is Fc1ccc2[nH]cc(CCCCn3ccc4c(N5CCCCC5)c(F)ccc43)c2c1. The molecule has 2 aromatic carbocycles. The first-order chi connectivity index (χ1) is 14.7. The number of rotatable bonds is 6. The molecule has 0 atom stereocenters. The van der Waals surface area contributed by atoms with E-state index >= 15 is 0 Å². The molecule has 5 rings (SSSR count). The number of aromatic amines is 1. The molecule has 5 heteroatoms. The largest absolute Gasteiger partial charge is 0.369 e. The van der Waals surface area contributed by atoms with Crippen LogP contribution in [0.3, 0.4) is 0 Å². The van der Waals surface area contributed by atoms with E-state index in [-0.39, 0.29) is 11.6 Å². The number of hydrogen-bond acceptors (Lipinski definition) is 1. The van der Waals surface area contributed by atoms with Crippen LogP contribution >= 0.6 is 0 Å². The molecule has 3 nitrogen and oxygen atoms in total. The van der Waals surface area contributed by atoms with Gasteiger partial charge in [-0.25, -0.2) is 8.78 Å². The highest BCUT2D eigenvalue weighted by Gasteiger charge is 2.19. The average molecular weight is 408 g/mol. The summed E-state index contributed by atoms with van der Waals surface area (Å²) in [7, 11) is 0. The average Bonchev–Trinajstić information content (AvgIpc) is 3.35. The number of benzene rings is 2. The first kappa shape index (κ1) is 19.2. The molecule has 1 aliphatic heterocycles. The third kappa shape index (κ3) is 3.57. The van der Waals surface area contributed by atoms with Gasteiger partial charge in [-0.05, 0) is 80.5 Å². The zero-order valence-corrected chi connectivity index (χ0v) is 17.1. The van der Waals surface area contributed by atoms with Gasteiger partial charge in [-0.15, -0.1) is 0 Å². The Labute approximate surface area is 175 Å². The highest BCUT2D eigenvalue weighted by Crippen LogP contribution is 2.33. The predicted octanol–water partition coefficient (Wildman–Crippen LogP) is 6.41. The minimum atomic E-state index is -0.195. The summed E-state index contributed by atoms with van der Waals surface area (Å²) in [6.07, 6.45) is 10.5. The Balaban J connectivity index is 1.28. The standard InChI is InChI=1S/C25H27F2N3/c26-19-7-9-23-21(16-19)18(17-28-23)6-2-5-12-29-15-11-20-24(29)10-8-22(27)25(20)30-13-3-1-4-14-30/h7-11,15-17,28H,1-6,12-14H2. The second kappa shape index (κ2) is 8.13. The Hall–Kier alpha value is -2.82. The van der Waals surface area contributed by atoms with E-state index in [1.165, 1.54) is 12.5 Å². The number of nitrogens with one attached hydrogen (secondary N) is 1. The quantitative estimate of drug-likeness (QED) is 0.367. The lowest BCUT2D eigenvalue weighted by Gasteiger charge is -2.29. The van der Waals surface area contributed by atoms with Crippen molar-refractivity contribution in [1.29, 1.82) is 0 Å². The maximum absolute atomic E-state index is 14.7. The highest BCUT2D eigenvalue weighted by molar-refractivity contribution is 5.93. The number of anilines is 1. The van der Waals surface area contributed by atoms with Gasteiger partial charge in [0.25, 0.3) is 0 Å². The second-order valence-corrected chi connectivity index (χ2v) is 8.35. The van der Waals surface area contributed by atoms with Gasteiger partial charge in [0, 0.05) is 48.3 Å². The smallest absolute Gasteiger partial charge is 0.147 e. The molecule has 30 heavy (non-hydrogen) atoms. The number of H-pyrrole nitrogens is 1. The van der Waals surface area contributed by atoms with Crippen molar-refractivity contribution in [3.05, 3.63) is 66.0 Å². The number of piperidine rings is 1. The molecule has 0 radical (unpaired) electrons. The van der Waals surface area contributed by atoms with Crippen LogP contribution in [0.15, 0.2) is 48.8 Å². The molecule has 2 aromatic heterocycles. The minimum Gasteiger partial charge on any atom is -0.369 e. The van der Waals surface area contributed by atoms with E-state index in [9.17, 15) is 8.78 Å². The van der Waals surface area contributed by atoms with Gasteiger partial charge in [0.05, 0.1) is 11.2 Å². The molecule has 0 unspecified atom stereocenters. The number of aromatic nitrogens is 2. The molecule has 1 saturated heterocycles. The lowest BCUT2D eigenvalue weighted by atomic mass is 10.1. The molecule has 0 saturated carbocycles. The van der Waals surface area contributed by atoms with Crippen LogP contribution in [0, 0.1) is 11.6 Å². The molecule has 3 heterocycles. The molecule has 1 aliphatic rings. The number of unbranched alkanes of at least 4 members (excludes halogenated alkanes) is 1. The fourth-order valence-corrected chi connectivity index (χ4v) is 4.82. The maximum atomic E-state index is 14.7. The normalized spacial score (nSPS) is 14.8. The van der Waals surface area contributed by atoms with Crippen molar-refractivity contribution in [3.63, 3.8) is 0 Å². The van der Waals surface area contributed by atoms with Crippen LogP contribution in [0.1, 0.15) is 37.7 Å². The van der Waals surface area contributed by atoms with Crippen molar-refractivity contribution in [1.82, 2.24) is 9.55 Å². The number of aryl methyl sites for hydroxylation is 2. The van der Waals surface area contributed by atoms with E-state index in [1.54, 1.807) is 18.2 Å². The summed E-state index contributed by atoms with van der Waals surface area (Å²) in [6, 6.07) is 10.5. The van der Waals surface area contributed by atoms with E-state index in [2.05, 4.69) is 26.7 Å². The van der Waals surface area contributed by atoms with Gasteiger partial charge in [-0.1, -0.05) is 0 Å². The molecule has 4 aromatic rings. The minimum absolute atomic E-state index is 0.117. The monoisotopic (exact) mass is 407 g/mol. The van der Waals surface area contributed by atoms with Crippen LogP contribution < -0.4 is 4.90 Å². The third-order valence-electron chi connectivity index (χ3n) is 6.37. The van der Waals surface area contributed by atoms with Crippen LogP contribution in [0.25, 0.3) is 21.8 Å². The summed E-state index contributed by atoms with van der Waals surface area (Å²) < 4.78 is 30.5. The van der Waals surface area contributed by atoms with Gasteiger partial charge in [0.15, 0.2) is 0 Å². The molecular weight excluding hydrogens is 380 g/mol. The fourth-order valence-electron chi connectivity index (χ4n) is 4.82. The number of hydrogen-bond donors (Lipinski definition) is 1. The molecule has 0 bridgehead atoms. The van der Waals surface area contributed by atoms with Crippen molar-refractivity contribution < 1.29 is 8.78 Å². The van der Waals surface area contributed by atoms with Gasteiger partial charge in [0.1, 0.15) is 11.6 Å². The summed E-state index contributed by atoms with van der Waals surface area (Å²) in [5, 5.41) is 1.99. The summed E-state index contributed by atoms with van der Waals surface area (Å²) in [5.41, 5.74) is 4.02. The summed E-state index contributed by atoms with van der Waals surface area (Å²) >= 11 is 0. The van der Waals surface area contributed by atoms with Crippen LogP contribution in [0.4, 0.5) is 14.5 Å². The van der Waals surface area contributed by atoms with E-state index < -0.39 is 0 Å². The molecule has 156 valence electrons. The molecule has 1 N–H and O–H groups in total. The van der Waals surface area contributed by atoms with Crippen molar-refractivity contribution in [2.45, 2.75) is 45.1 Å². The molecule has 1 fully saturated rings. The predicted molar refractivity (Wildman–Crippen MR) is 119 cm³/mol. The van der Waals surface area contributed by atoms with Gasteiger partial charge in [-0.2, -0.15) is 0 Å². The van der Waals surface area contributed by atoms with E-state index in [4.69, 9.17) is 0 Å². The summed E-state index contributed by atoms with van der Waals surface area (Å²) in [4.78, 5) is 5.43. The molecule has 0 amide bonds. The van der Waals surface area contributed by atoms with Gasteiger partial charge >= 0.3 is 0 Å². The van der Waals surface area contributed by atoms with Crippen molar-refractivity contribution >= 4 is 27.5 Å². The van der Waals surface area contributed by atoms with E-state index in [0.717, 1.165) is 84.8 Å². The number of halogens is 2. The number of nitrogens with zero attached hydrogens (tertiary/aromatic N) is 2. The van der Waals surface area contributed by atoms with Gasteiger partial charge in [-0.3, -0.25) is 0 Å². The molecule has 0 aliphatic carbocycles. The summed E-state index contributed by atoms with van der Waals surface area (Å²) in [6.45, 7) is 2.77. The van der Waals surface area contributed by atoms with Crippen LogP contribution in [0.2, 0.25) is 0 Å². The van der Waals surface area contributed by atoms with Crippen molar-refractivity contribution in [3.8, 4) is 0 Å². The fraction of sp³-hybridized carbons (Fsp3) is 0.360. The second-order valence-electron chi connectivity index (χ2n) is 8.35. The Morgan fingerprint density at radius 2 is 1.77 bits per heavy atom. The zero-order chi connectivity index (χ0) is 20.5. The molecule has 0 spiro atoms. The lowest BCUT2D eigenvalue weighted by Crippen LogP contribution is -2.30. The Morgan fingerprint density at radius 3 is 2.63 bits per heavy atom. The Bertz CT molecular complexity index is 1170. The zero-order valence-electron chi connectivity index (χ0n) is 17.1. The topological polar surface area (TPSA) is 24.0 Å². The van der Waals surface area contributed by atoms with Crippen LogP contribution in [0.5, 0.6) is 0 Å². The van der Waals surface area contributed by atoms with Crippen molar-refractivity contribution in [2.75, 3.05) is 18.0 Å². The van der Waals surface area contributed by atoms with Crippen molar-refractivity contribution in [2.24, 2.45) is 0 Å². The first-order valence-electron chi connectivity index (χ1n) is 11.0. The van der Waals surface area contributed by atoms with E-state index in [1.807, 2.05) is 12.3 Å². The maximum Gasteiger partial charge on any atom is 0.147 e. The first-order valence-corrected chi connectivity index (χ1v) is 11.0. The third-order valence-corrected chi connectivity index (χ3v) is 6.37. The van der Waals surface area contributed by atoms with Gasteiger partial charge < -0.3 is 14.5 Å². The lowest BCUT2D eigenvalue weighted by molar-refractivity contribution is 0.559. The molecular formula is C25H27F2N3. The van der Waals surface area contributed by atoms with Crippen LogP contribution in [-0.2, 0) is 13.0 Å². The highest BCUT2D eigenvalue weighted by atomic mass is 19.1. The Kier molecular flexibility index (Phi) is 5.19. The van der Waals surface area contributed by atoms with Gasteiger partial charge in [0.2, 0.25) is 0 Å². The number of fused-ring (bicyclic) bond motifs is 2. The summed E-state index contributed by atoms with van der Waals surface area (Å²) in [5.74, 6) is -0.312. The Morgan fingerprint density at radius 1 is 0.900 bits per heavy atom. The van der Waals surface area contributed by atoms with Crippen LogP contribution in [-0.4, -0.2) is 22.6 Å². The van der Waals surface area contributed by atoms with E-state index in [0.29, 0.717) is 0 Å².